The minimum absolute atomic E-state index is 0.0154. The number of benzene rings is 1. The maximum Gasteiger partial charge on any atom is 0.242 e. The van der Waals surface area contributed by atoms with Gasteiger partial charge < -0.3 is 19.4 Å². The highest BCUT2D eigenvalue weighted by atomic mass is 16.5. The molecule has 8 nitrogen and oxygen atoms in total. The highest BCUT2D eigenvalue weighted by molar-refractivity contribution is 5.97. The van der Waals surface area contributed by atoms with Crippen LogP contribution in [0, 0.1) is 0 Å². The normalized spacial score (nSPS) is 14.1. The van der Waals surface area contributed by atoms with E-state index in [-0.39, 0.29) is 24.5 Å². The van der Waals surface area contributed by atoms with Crippen LogP contribution in [0.5, 0.6) is 5.75 Å². The third-order valence-electron chi connectivity index (χ3n) is 4.66. The molecule has 0 aliphatic carbocycles. The summed E-state index contributed by atoms with van der Waals surface area (Å²) in [5, 5.41) is 0. The summed E-state index contributed by atoms with van der Waals surface area (Å²) in [6.07, 6.45) is 3.50. The number of carbonyl (C=O) groups is 2. The van der Waals surface area contributed by atoms with Crippen molar-refractivity contribution in [3.05, 3.63) is 42.7 Å². The molecule has 0 atom stereocenters. The second-order valence-electron chi connectivity index (χ2n) is 7.18. The first-order valence-electron chi connectivity index (χ1n) is 9.78. The summed E-state index contributed by atoms with van der Waals surface area (Å²) in [4.78, 5) is 38.8. The molecule has 29 heavy (non-hydrogen) atoms. The van der Waals surface area contributed by atoms with Gasteiger partial charge in [-0.2, -0.15) is 0 Å². The predicted molar refractivity (Wildman–Crippen MR) is 111 cm³/mol. The monoisotopic (exact) mass is 397 g/mol. The molecule has 8 heteroatoms. The third kappa shape index (κ3) is 5.43. The van der Waals surface area contributed by atoms with Crippen molar-refractivity contribution in [2.75, 3.05) is 42.5 Å². The zero-order valence-electron chi connectivity index (χ0n) is 17.1. The molecule has 2 heterocycles. The second-order valence-corrected chi connectivity index (χ2v) is 7.18. The van der Waals surface area contributed by atoms with Gasteiger partial charge in [0.2, 0.25) is 17.8 Å². The summed E-state index contributed by atoms with van der Waals surface area (Å²) >= 11 is 0. The smallest absolute Gasteiger partial charge is 0.242 e. The summed E-state index contributed by atoms with van der Waals surface area (Å²) in [6.45, 7) is 7.87. The SMILES string of the molecule is CC(=O)N(CC(=O)N1CCN(c2ncccn2)CC1)c1ccc(OC(C)C)cc1. The largest absolute Gasteiger partial charge is 0.491 e. The van der Waals surface area contributed by atoms with E-state index in [1.807, 2.05) is 26.0 Å². The van der Waals surface area contributed by atoms with Crippen LogP contribution in [0.3, 0.4) is 0 Å². The fourth-order valence-electron chi connectivity index (χ4n) is 3.21. The Morgan fingerprint density at radius 1 is 1.07 bits per heavy atom. The molecular weight excluding hydrogens is 370 g/mol. The van der Waals surface area contributed by atoms with Crippen LogP contribution in [0.25, 0.3) is 0 Å². The summed E-state index contributed by atoms with van der Waals surface area (Å²) < 4.78 is 5.64. The van der Waals surface area contributed by atoms with Gasteiger partial charge in [0.1, 0.15) is 12.3 Å². The fraction of sp³-hybridized carbons (Fsp3) is 0.429. The number of ether oxygens (including phenoxy) is 1. The number of rotatable bonds is 6. The van der Waals surface area contributed by atoms with Gasteiger partial charge in [-0.05, 0) is 44.2 Å². The van der Waals surface area contributed by atoms with Crippen LogP contribution in [0.1, 0.15) is 20.8 Å². The first kappa shape index (κ1) is 20.6. The third-order valence-corrected chi connectivity index (χ3v) is 4.66. The Morgan fingerprint density at radius 2 is 1.69 bits per heavy atom. The van der Waals surface area contributed by atoms with Crippen LogP contribution in [-0.2, 0) is 9.59 Å². The lowest BCUT2D eigenvalue weighted by Gasteiger charge is -2.35. The molecule has 1 fully saturated rings. The molecular formula is C21H27N5O3. The highest BCUT2D eigenvalue weighted by Crippen LogP contribution is 2.21. The average Bonchev–Trinajstić information content (AvgIpc) is 2.73. The van der Waals surface area contributed by atoms with E-state index in [1.54, 1.807) is 35.5 Å². The molecule has 1 aromatic heterocycles. The molecule has 1 aliphatic heterocycles. The van der Waals surface area contributed by atoms with Crippen molar-refractivity contribution in [1.82, 2.24) is 14.9 Å². The summed E-state index contributed by atoms with van der Waals surface area (Å²) in [5.41, 5.74) is 0.679. The molecule has 2 amide bonds. The van der Waals surface area contributed by atoms with E-state index in [4.69, 9.17) is 4.74 Å². The highest BCUT2D eigenvalue weighted by Gasteiger charge is 2.25. The summed E-state index contributed by atoms with van der Waals surface area (Å²) in [5.74, 6) is 1.16. The van der Waals surface area contributed by atoms with Crippen molar-refractivity contribution >= 4 is 23.5 Å². The molecule has 0 radical (unpaired) electrons. The number of aromatic nitrogens is 2. The number of amides is 2. The lowest BCUT2D eigenvalue weighted by Crippen LogP contribution is -2.52. The number of carbonyl (C=O) groups excluding carboxylic acids is 2. The van der Waals surface area contributed by atoms with E-state index < -0.39 is 0 Å². The standard InChI is InChI=1S/C21H27N5O3/c1-16(2)29-19-7-5-18(6-8-19)26(17(3)27)15-20(28)24-11-13-25(14-12-24)21-22-9-4-10-23-21/h4-10,16H,11-15H2,1-3H3. The lowest BCUT2D eigenvalue weighted by atomic mass is 10.2. The van der Waals surface area contributed by atoms with Crippen LogP contribution in [0.4, 0.5) is 11.6 Å². The number of nitrogens with zero attached hydrogens (tertiary/aromatic N) is 5. The number of hydrogen-bond donors (Lipinski definition) is 0. The zero-order chi connectivity index (χ0) is 20.8. The molecule has 1 aliphatic rings. The topological polar surface area (TPSA) is 78.9 Å². The van der Waals surface area contributed by atoms with Crippen molar-refractivity contribution in [2.45, 2.75) is 26.9 Å². The van der Waals surface area contributed by atoms with Crippen molar-refractivity contribution in [2.24, 2.45) is 0 Å². The Labute approximate surface area is 171 Å². The van der Waals surface area contributed by atoms with E-state index in [0.717, 1.165) is 5.75 Å². The number of piperazine rings is 1. The summed E-state index contributed by atoms with van der Waals surface area (Å²) in [7, 11) is 0. The van der Waals surface area contributed by atoms with Crippen LogP contribution >= 0.6 is 0 Å². The van der Waals surface area contributed by atoms with Gasteiger partial charge in [0.15, 0.2) is 0 Å². The Bertz CT molecular complexity index is 818. The molecule has 1 saturated heterocycles. The quantitative estimate of drug-likeness (QED) is 0.742. The minimum atomic E-state index is -0.174. The molecule has 2 aromatic rings. The van der Waals surface area contributed by atoms with Crippen LogP contribution in [-0.4, -0.2) is 65.5 Å². The van der Waals surface area contributed by atoms with Gasteiger partial charge >= 0.3 is 0 Å². The maximum absolute atomic E-state index is 12.8. The Morgan fingerprint density at radius 3 is 2.24 bits per heavy atom. The van der Waals surface area contributed by atoms with Crippen molar-refractivity contribution < 1.29 is 14.3 Å². The molecule has 0 unspecified atom stereocenters. The lowest BCUT2D eigenvalue weighted by molar-refractivity contribution is -0.131. The molecule has 0 saturated carbocycles. The van der Waals surface area contributed by atoms with Gasteiger partial charge in [0.05, 0.1) is 6.10 Å². The Kier molecular flexibility index (Phi) is 6.64. The predicted octanol–water partition coefficient (Wildman–Crippen LogP) is 1.97. The van der Waals surface area contributed by atoms with Gasteiger partial charge in [-0.1, -0.05) is 0 Å². The van der Waals surface area contributed by atoms with Crippen LogP contribution < -0.4 is 14.5 Å². The van der Waals surface area contributed by atoms with Gasteiger partial charge in [-0.3, -0.25) is 9.59 Å². The molecule has 3 rings (SSSR count). The van der Waals surface area contributed by atoms with Crippen molar-refractivity contribution in [3.8, 4) is 5.75 Å². The first-order chi connectivity index (χ1) is 13.9. The molecule has 154 valence electrons. The van der Waals surface area contributed by atoms with E-state index >= 15 is 0 Å². The number of anilines is 2. The average molecular weight is 397 g/mol. The van der Waals surface area contributed by atoms with Crippen LogP contribution in [0.2, 0.25) is 0 Å². The van der Waals surface area contributed by atoms with E-state index in [1.165, 1.54) is 11.8 Å². The van der Waals surface area contributed by atoms with E-state index in [9.17, 15) is 9.59 Å². The van der Waals surface area contributed by atoms with Gasteiger partial charge in [-0.15, -0.1) is 0 Å². The van der Waals surface area contributed by atoms with Crippen molar-refractivity contribution in [1.29, 1.82) is 0 Å². The minimum Gasteiger partial charge on any atom is -0.491 e. The van der Waals surface area contributed by atoms with E-state index in [2.05, 4.69) is 14.9 Å². The molecule has 0 spiro atoms. The second kappa shape index (κ2) is 9.36. The zero-order valence-corrected chi connectivity index (χ0v) is 17.1. The Balaban J connectivity index is 1.59. The maximum atomic E-state index is 12.8. The number of hydrogen-bond acceptors (Lipinski definition) is 6. The van der Waals surface area contributed by atoms with Gasteiger partial charge in [-0.25, -0.2) is 9.97 Å². The van der Waals surface area contributed by atoms with Crippen molar-refractivity contribution in [3.63, 3.8) is 0 Å². The summed E-state index contributed by atoms with van der Waals surface area (Å²) in [6, 6.07) is 9.01. The fourth-order valence-corrected chi connectivity index (χ4v) is 3.21. The Hall–Kier alpha value is -3.16. The van der Waals surface area contributed by atoms with Gasteiger partial charge in [0.25, 0.3) is 0 Å². The van der Waals surface area contributed by atoms with Gasteiger partial charge in [0, 0.05) is 51.2 Å². The van der Waals surface area contributed by atoms with E-state index in [0.29, 0.717) is 37.8 Å². The molecule has 0 bridgehead atoms. The molecule has 1 aromatic carbocycles. The van der Waals surface area contributed by atoms with Crippen LogP contribution in [0.15, 0.2) is 42.7 Å². The molecule has 0 N–H and O–H groups in total. The first-order valence-corrected chi connectivity index (χ1v) is 9.78.